The number of ether oxygens (including phenoxy) is 1. The van der Waals surface area contributed by atoms with Gasteiger partial charge >= 0.3 is 12.1 Å². The summed E-state index contributed by atoms with van der Waals surface area (Å²) in [5, 5.41) is 3.90. The second-order valence-electron chi connectivity index (χ2n) is 6.39. The fraction of sp³-hybridized carbons (Fsp3) is 0.579. The van der Waals surface area contributed by atoms with Crippen LogP contribution in [0.15, 0.2) is 29.4 Å². The molecule has 0 atom stereocenters. The number of alkyl halides is 3. The number of rotatable bonds is 6. The van der Waals surface area contributed by atoms with Crippen molar-refractivity contribution in [2.75, 3.05) is 6.61 Å². The third kappa shape index (κ3) is 5.06. The summed E-state index contributed by atoms with van der Waals surface area (Å²) < 4.78 is 44.5. The molecule has 1 aliphatic rings. The SMILES string of the molecule is CCCOC1(c2ccc(C(F)(F)F)cc2)CCC(=NOC(=O)CC)CC1. The van der Waals surface area contributed by atoms with Gasteiger partial charge in [-0.1, -0.05) is 31.1 Å². The Morgan fingerprint density at radius 2 is 1.77 bits per heavy atom. The van der Waals surface area contributed by atoms with Gasteiger partial charge in [0.2, 0.25) is 0 Å². The van der Waals surface area contributed by atoms with E-state index in [1.165, 1.54) is 12.1 Å². The molecule has 2 rings (SSSR count). The first-order valence-corrected chi connectivity index (χ1v) is 8.88. The molecule has 26 heavy (non-hydrogen) atoms. The zero-order valence-electron chi connectivity index (χ0n) is 15.1. The number of hydrogen-bond acceptors (Lipinski definition) is 4. The fourth-order valence-electron chi connectivity index (χ4n) is 2.99. The normalized spacial score (nSPS) is 20.7. The Labute approximate surface area is 151 Å². The number of nitrogens with zero attached hydrogens (tertiary/aromatic N) is 1. The fourth-order valence-corrected chi connectivity index (χ4v) is 2.99. The Bertz CT molecular complexity index is 628. The van der Waals surface area contributed by atoms with Crippen molar-refractivity contribution in [1.82, 2.24) is 0 Å². The van der Waals surface area contributed by atoms with Gasteiger partial charge < -0.3 is 9.57 Å². The van der Waals surface area contributed by atoms with E-state index in [0.717, 1.165) is 29.8 Å². The van der Waals surface area contributed by atoms with Gasteiger partial charge in [-0.15, -0.1) is 0 Å². The van der Waals surface area contributed by atoms with E-state index in [-0.39, 0.29) is 12.4 Å². The molecule has 0 N–H and O–H groups in total. The molecule has 1 saturated carbocycles. The maximum Gasteiger partial charge on any atom is 0.416 e. The maximum absolute atomic E-state index is 12.8. The summed E-state index contributed by atoms with van der Waals surface area (Å²) in [7, 11) is 0. The molecule has 0 amide bonds. The second-order valence-corrected chi connectivity index (χ2v) is 6.39. The first-order valence-electron chi connectivity index (χ1n) is 8.88. The molecule has 1 aromatic rings. The molecular formula is C19H24F3NO3. The van der Waals surface area contributed by atoms with Crippen molar-refractivity contribution in [3.8, 4) is 0 Å². The molecule has 0 saturated heterocycles. The average Bonchev–Trinajstić information content (AvgIpc) is 2.64. The topological polar surface area (TPSA) is 47.9 Å². The van der Waals surface area contributed by atoms with E-state index < -0.39 is 17.3 Å². The van der Waals surface area contributed by atoms with Crippen LogP contribution in [0.2, 0.25) is 0 Å². The molecule has 0 bridgehead atoms. The minimum Gasteiger partial charge on any atom is -0.370 e. The smallest absolute Gasteiger partial charge is 0.370 e. The van der Waals surface area contributed by atoms with Crippen LogP contribution in [0.25, 0.3) is 0 Å². The molecule has 0 heterocycles. The van der Waals surface area contributed by atoms with Crippen LogP contribution >= 0.6 is 0 Å². The Hall–Kier alpha value is -1.89. The van der Waals surface area contributed by atoms with Crippen LogP contribution in [0.4, 0.5) is 13.2 Å². The van der Waals surface area contributed by atoms with E-state index in [1.54, 1.807) is 6.92 Å². The van der Waals surface area contributed by atoms with Gasteiger partial charge in [0.1, 0.15) is 0 Å². The Balaban J connectivity index is 2.16. The standard InChI is InChI=1S/C19H24F3NO3/c1-3-13-25-18(14-5-7-15(8-6-14)19(20,21)22)11-9-16(10-12-18)23-26-17(24)4-2/h5-8H,3-4,9-13H2,1-2H3. The molecule has 0 aliphatic heterocycles. The summed E-state index contributed by atoms with van der Waals surface area (Å²) in [5.41, 5.74) is 0.211. The third-order valence-corrected chi connectivity index (χ3v) is 4.52. The lowest BCUT2D eigenvalue weighted by atomic mass is 9.78. The molecule has 0 radical (unpaired) electrons. The molecular weight excluding hydrogens is 347 g/mol. The van der Waals surface area contributed by atoms with Crippen LogP contribution in [0.1, 0.15) is 63.5 Å². The van der Waals surface area contributed by atoms with E-state index in [9.17, 15) is 18.0 Å². The number of hydrogen-bond donors (Lipinski definition) is 0. The van der Waals surface area contributed by atoms with Crippen LogP contribution < -0.4 is 0 Å². The summed E-state index contributed by atoms with van der Waals surface area (Å²) in [5.74, 6) is -0.390. The number of carbonyl (C=O) groups excluding carboxylic acids is 1. The van der Waals surface area contributed by atoms with Gasteiger partial charge in [-0.25, -0.2) is 4.79 Å². The zero-order valence-corrected chi connectivity index (χ0v) is 15.1. The molecule has 0 unspecified atom stereocenters. The third-order valence-electron chi connectivity index (χ3n) is 4.52. The maximum atomic E-state index is 12.8. The van der Waals surface area contributed by atoms with Crippen molar-refractivity contribution < 1.29 is 27.5 Å². The molecule has 0 spiro atoms. The van der Waals surface area contributed by atoms with Gasteiger partial charge in [0.05, 0.1) is 16.9 Å². The predicted octanol–water partition coefficient (Wildman–Crippen LogP) is 5.21. The predicted molar refractivity (Wildman–Crippen MR) is 91.7 cm³/mol. The van der Waals surface area contributed by atoms with Gasteiger partial charge in [-0.2, -0.15) is 13.2 Å². The van der Waals surface area contributed by atoms with E-state index in [4.69, 9.17) is 9.57 Å². The van der Waals surface area contributed by atoms with Crippen LogP contribution in [-0.4, -0.2) is 18.3 Å². The molecule has 1 aliphatic carbocycles. The monoisotopic (exact) mass is 371 g/mol. The quantitative estimate of drug-likeness (QED) is 0.509. The minimum atomic E-state index is -4.36. The van der Waals surface area contributed by atoms with Gasteiger partial charge in [0.15, 0.2) is 0 Å². The highest BCUT2D eigenvalue weighted by atomic mass is 19.4. The van der Waals surface area contributed by atoms with E-state index >= 15 is 0 Å². The summed E-state index contributed by atoms with van der Waals surface area (Å²) in [6.07, 6.45) is -0.972. The highest BCUT2D eigenvalue weighted by Crippen LogP contribution is 2.41. The van der Waals surface area contributed by atoms with Crippen molar-refractivity contribution in [2.45, 2.75) is 64.1 Å². The Kier molecular flexibility index (Phi) is 6.81. The van der Waals surface area contributed by atoms with Crippen LogP contribution in [0, 0.1) is 0 Å². The van der Waals surface area contributed by atoms with Gasteiger partial charge in [-0.05, 0) is 49.8 Å². The molecule has 4 nitrogen and oxygen atoms in total. The first-order chi connectivity index (χ1) is 12.3. The number of carbonyl (C=O) groups is 1. The van der Waals surface area contributed by atoms with Crippen molar-refractivity contribution >= 4 is 11.7 Å². The summed E-state index contributed by atoms with van der Waals surface area (Å²) in [4.78, 5) is 16.0. The van der Waals surface area contributed by atoms with Crippen LogP contribution in [0.3, 0.4) is 0 Å². The Morgan fingerprint density at radius 3 is 2.27 bits per heavy atom. The first kappa shape index (κ1) is 20.4. The van der Waals surface area contributed by atoms with Gasteiger partial charge in [-0.3, -0.25) is 0 Å². The van der Waals surface area contributed by atoms with Crippen molar-refractivity contribution in [2.24, 2.45) is 5.16 Å². The van der Waals surface area contributed by atoms with E-state index in [2.05, 4.69) is 5.16 Å². The largest absolute Gasteiger partial charge is 0.416 e. The number of benzene rings is 1. The second kappa shape index (κ2) is 8.66. The molecule has 1 aromatic carbocycles. The van der Waals surface area contributed by atoms with E-state index in [0.29, 0.717) is 32.3 Å². The average molecular weight is 371 g/mol. The van der Waals surface area contributed by atoms with Crippen molar-refractivity contribution in [3.63, 3.8) is 0 Å². The summed E-state index contributed by atoms with van der Waals surface area (Å²) in [6.45, 7) is 4.20. The van der Waals surface area contributed by atoms with Gasteiger partial charge in [0, 0.05) is 13.0 Å². The van der Waals surface area contributed by atoms with Crippen molar-refractivity contribution in [3.05, 3.63) is 35.4 Å². The van der Waals surface area contributed by atoms with Crippen molar-refractivity contribution in [1.29, 1.82) is 0 Å². The lowest BCUT2D eigenvalue weighted by molar-refractivity contribution is -0.143. The molecule has 0 aromatic heterocycles. The van der Waals surface area contributed by atoms with Crippen LogP contribution in [-0.2, 0) is 26.1 Å². The van der Waals surface area contributed by atoms with E-state index in [1.807, 2.05) is 6.92 Å². The summed E-state index contributed by atoms with van der Waals surface area (Å²) in [6, 6.07) is 5.19. The highest BCUT2D eigenvalue weighted by molar-refractivity contribution is 5.85. The number of oxime groups is 1. The Morgan fingerprint density at radius 1 is 1.15 bits per heavy atom. The summed E-state index contributed by atoms with van der Waals surface area (Å²) >= 11 is 0. The number of halogens is 3. The lowest BCUT2D eigenvalue weighted by Gasteiger charge is -2.38. The zero-order chi connectivity index (χ0) is 19.2. The highest BCUT2D eigenvalue weighted by Gasteiger charge is 2.38. The molecule has 7 heteroatoms. The molecule has 144 valence electrons. The minimum absolute atomic E-state index is 0.256. The molecule has 1 fully saturated rings. The lowest BCUT2D eigenvalue weighted by Crippen LogP contribution is -2.35. The van der Waals surface area contributed by atoms with Crippen LogP contribution in [0.5, 0.6) is 0 Å². The van der Waals surface area contributed by atoms with Gasteiger partial charge in [0.25, 0.3) is 0 Å².